The van der Waals surface area contributed by atoms with Crippen LogP contribution < -0.4 is 20.3 Å². The van der Waals surface area contributed by atoms with Gasteiger partial charge in [-0.15, -0.1) is 11.3 Å². The average molecular weight is 868 g/mol. The quantitative estimate of drug-likeness (QED) is 0.0652. The molecule has 326 valence electrons. The minimum Gasteiger partial charge on any atom is -0.491 e. The summed E-state index contributed by atoms with van der Waals surface area (Å²) in [6.45, 7) is 5.17. The van der Waals surface area contributed by atoms with Gasteiger partial charge in [-0.1, -0.05) is 0 Å². The standard InChI is InChI=1S/C44H49N7O10S/c1-50(2)39-11-4-29(27-47-39)35-8-3-30(28-46-35)42-48-36-9-5-31(25-38(36)62-42)45-13-14-56-15-16-57-17-18-58-19-20-59-21-22-60-23-24-61-32-6-7-33-34(26-32)44(55)51(43(33)54)37-10-12-40(52)49-41(37)53/h3-9,11,25-28,37,45H,10,12-24H2,1-2H3,(H,49,52,53). The van der Waals surface area contributed by atoms with Crippen molar-refractivity contribution >= 4 is 56.7 Å². The number of carbonyl (C=O) groups is 4. The van der Waals surface area contributed by atoms with Crippen LogP contribution in [0.25, 0.3) is 32.0 Å². The van der Waals surface area contributed by atoms with Crippen LogP contribution in [0.5, 0.6) is 5.75 Å². The van der Waals surface area contributed by atoms with Crippen LogP contribution in [0.15, 0.2) is 73.1 Å². The number of benzene rings is 2. The lowest BCUT2D eigenvalue weighted by Crippen LogP contribution is -2.54. The van der Waals surface area contributed by atoms with Crippen LogP contribution in [0.2, 0.25) is 0 Å². The lowest BCUT2D eigenvalue weighted by molar-refractivity contribution is -0.136. The van der Waals surface area contributed by atoms with Crippen molar-refractivity contribution < 1.29 is 47.6 Å². The van der Waals surface area contributed by atoms with Crippen molar-refractivity contribution in [2.45, 2.75) is 18.9 Å². The van der Waals surface area contributed by atoms with Gasteiger partial charge in [0, 0.05) is 56.3 Å². The summed E-state index contributed by atoms with van der Waals surface area (Å²) in [5, 5.41) is 6.52. The van der Waals surface area contributed by atoms with E-state index in [9.17, 15) is 19.2 Å². The number of imide groups is 2. The van der Waals surface area contributed by atoms with E-state index in [1.165, 1.54) is 12.1 Å². The number of piperidine rings is 1. The Kier molecular flexibility index (Phi) is 15.5. The predicted octanol–water partition coefficient (Wildman–Crippen LogP) is 4.46. The molecule has 2 aliphatic heterocycles. The van der Waals surface area contributed by atoms with Gasteiger partial charge in [-0.25, -0.2) is 9.97 Å². The molecule has 0 aliphatic carbocycles. The maximum Gasteiger partial charge on any atom is 0.262 e. The molecule has 0 saturated carbocycles. The van der Waals surface area contributed by atoms with Crippen LogP contribution in [-0.4, -0.2) is 143 Å². The highest BCUT2D eigenvalue weighted by molar-refractivity contribution is 7.21. The molecule has 0 bridgehead atoms. The second-order valence-electron chi connectivity index (χ2n) is 14.4. The summed E-state index contributed by atoms with van der Waals surface area (Å²) < 4.78 is 34.7. The number of hydrogen-bond acceptors (Lipinski definition) is 16. The predicted molar refractivity (Wildman–Crippen MR) is 232 cm³/mol. The zero-order valence-corrected chi connectivity index (χ0v) is 35.4. The molecule has 62 heavy (non-hydrogen) atoms. The number of rotatable bonds is 24. The molecule has 4 amide bonds. The molecule has 0 radical (unpaired) electrons. The van der Waals surface area contributed by atoms with Gasteiger partial charge in [-0.05, 0) is 67.1 Å². The van der Waals surface area contributed by atoms with Gasteiger partial charge in [0.2, 0.25) is 11.8 Å². The third-order valence-electron chi connectivity index (χ3n) is 9.87. The van der Waals surface area contributed by atoms with E-state index in [0.29, 0.717) is 71.8 Å². The molecule has 1 atom stereocenters. The lowest BCUT2D eigenvalue weighted by atomic mass is 10.0. The monoisotopic (exact) mass is 867 g/mol. The van der Waals surface area contributed by atoms with E-state index < -0.39 is 29.7 Å². The van der Waals surface area contributed by atoms with E-state index in [0.717, 1.165) is 48.5 Å². The van der Waals surface area contributed by atoms with Crippen molar-refractivity contribution in [3.63, 3.8) is 0 Å². The summed E-state index contributed by atoms with van der Waals surface area (Å²) in [7, 11) is 3.93. The number of amides is 4. The Morgan fingerprint density at radius 1 is 0.726 bits per heavy atom. The smallest absolute Gasteiger partial charge is 0.262 e. The number of hydrogen-bond donors (Lipinski definition) is 2. The number of thiazole rings is 1. The highest BCUT2D eigenvalue weighted by Crippen LogP contribution is 2.33. The SMILES string of the molecule is CN(C)c1ccc(-c2ccc(-c3nc4ccc(NCCOCCOCCOCCOCCOCCOc5ccc6c(c5)C(=O)N(C5CCC(=O)NC5=O)C6=O)cc4s3)cn2)cn1. The van der Waals surface area contributed by atoms with Crippen LogP contribution in [0.4, 0.5) is 11.5 Å². The molecule has 1 fully saturated rings. The zero-order valence-electron chi connectivity index (χ0n) is 34.6. The number of anilines is 2. The van der Waals surface area contributed by atoms with Gasteiger partial charge in [0.05, 0.1) is 93.1 Å². The molecule has 18 heteroatoms. The summed E-state index contributed by atoms with van der Waals surface area (Å²) >= 11 is 1.63. The van der Waals surface area contributed by atoms with Gasteiger partial charge in [-0.3, -0.25) is 34.4 Å². The molecule has 2 aliphatic rings. The second kappa shape index (κ2) is 21.8. The normalized spacial score (nSPS) is 15.0. The molecule has 1 unspecified atom stereocenters. The molecule has 3 aromatic heterocycles. The zero-order chi connectivity index (χ0) is 43.3. The molecule has 1 saturated heterocycles. The van der Waals surface area contributed by atoms with Crippen LogP contribution in [0.3, 0.4) is 0 Å². The van der Waals surface area contributed by atoms with E-state index in [1.807, 2.05) is 67.8 Å². The Morgan fingerprint density at radius 3 is 2.03 bits per heavy atom. The van der Waals surface area contributed by atoms with Crippen molar-refractivity contribution in [2.24, 2.45) is 0 Å². The molecule has 17 nitrogen and oxygen atoms in total. The van der Waals surface area contributed by atoms with Crippen LogP contribution in [0, 0.1) is 0 Å². The van der Waals surface area contributed by atoms with Gasteiger partial charge in [0.15, 0.2) is 0 Å². The van der Waals surface area contributed by atoms with Crippen molar-refractivity contribution in [1.29, 1.82) is 0 Å². The maximum atomic E-state index is 13.0. The molecule has 2 aromatic carbocycles. The van der Waals surface area contributed by atoms with Gasteiger partial charge in [-0.2, -0.15) is 0 Å². The molecular formula is C44H49N7O10S. The number of nitrogens with one attached hydrogen (secondary N) is 2. The summed E-state index contributed by atoms with van der Waals surface area (Å²) in [5.41, 5.74) is 5.11. The first-order valence-electron chi connectivity index (χ1n) is 20.4. The maximum absolute atomic E-state index is 13.0. The van der Waals surface area contributed by atoms with Gasteiger partial charge in [0.25, 0.3) is 11.8 Å². The van der Waals surface area contributed by atoms with E-state index in [2.05, 4.69) is 26.7 Å². The minimum atomic E-state index is -1.01. The highest BCUT2D eigenvalue weighted by Gasteiger charge is 2.44. The highest BCUT2D eigenvalue weighted by atomic mass is 32.1. The number of carbonyl (C=O) groups excluding carboxylic acids is 4. The molecular weight excluding hydrogens is 819 g/mol. The van der Waals surface area contributed by atoms with Crippen molar-refractivity contribution in [3.05, 3.63) is 84.2 Å². The van der Waals surface area contributed by atoms with Crippen LogP contribution >= 0.6 is 11.3 Å². The van der Waals surface area contributed by atoms with E-state index in [1.54, 1.807) is 17.4 Å². The topological polar surface area (TPSA) is 193 Å². The van der Waals surface area contributed by atoms with E-state index in [-0.39, 0.29) is 37.2 Å². The number of aromatic nitrogens is 3. The van der Waals surface area contributed by atoms with Gasteiger partial charge in [0.1, 0.15) is 29.2 Å². The first-order chi connectivity index (χ1) is 30.2. The Hall–Kier alpha value is -5.89. The number of ether oxygens (including phenoxy) is 6. The Balaban J connectivity index is 0.666. The van der Waals surface area contributed by atoms with Crippen LogP contribution in [0.1, 0.15) is 33.6 Å². The summed E-state index contributed by atoms with van der Waals surface area (Å²) in [6.07, 6.45) is 3.86. The first-order valence-corrected chi connectivity index (χ1v) is 21.2. The largest absolute Gasteiger partial charge is 0.491 e. The summed E-state index contributed by atoms with van der Waals surface area (Å²) in [6, 6.07) is 17.8. The van der Waals surface area contributed by atoms with Crippen molar-refractivity contribution in [1.82, 2.24) is 25.2 Å². The fourth-order valence-electron chi connectivity index (χ4n) is 6.66. The van der Waals surface area contributed by atoms with E-state index >= 15 is 0 Å². The van der Waals surface area contributed by atoms with Crippen molar-refractivity contribution in [2.75, 3.05) is 104 Å². The second-order valence-corrected chi connectivity index (χ2v) is 15.5. The van der Waals surface area contributed by atoms with Crippen molar-refractivity contribution in [3.8, 4) is 27.6 Å². The Bertz CT molecular complexity index is 2320. The number of pyridine rings is 2. The molecule has 5 heterocycles. The molecule has 0 spiro atoms. The van der Waals surface area contributed by atoms with Gasteiger partial charge < -0.3 is 38.6 Å². The number of fused-ring (bicyclic) bond motifs is 2. The average Bonchev–Trinajstić information content (AvgIpc) is 3.81. The lowest BCUT2D eigenvalue weighted by Gasteiger charge is -2.27. The molecule has 2 N–H and O–H groups in total. The first kappa shape index (κ1) is 44.2. The Morgan fingerprint density at radius 2 is 1.39 bits per heavy atom. The number of nitrogens with zero attached hydrogens (tertiary/aromatic N) is 5. The molecule has 5 aromatic rings. The fraction of sp³-hybridized carbons (Fsp3) is 0.386. The fourth-order valence-corrected chi connectivity index (χ4v) is 7.65. The summed E-state index contributed by atoms with van der Waals surface area (Å²) in [5.74, 6) is -0.927. The minimum absolute atomic E-state index is 0.0608. The summed E-state index contributed by atoms with van der Waals surface area (Å²) in [4.78, 5) is 66.4. The third kappa shape index (κ3) is 11.5. The molecule has 7 rings (SSSR count). The van der Waals surface area contributed by atoms with Crippen LogP contribution in [-0.2, 0) is 33.3 Å². The van der Waals surface area contributed by atoms with Gasteiger partial charge >= 0.3 is 0 Å². The van der Waals surface area contributed by atoms with E-state index in [4.69, 9.17) is 33.4 Å². The Labute approximate surface area is 362 Å². The third-order valence-corrected chi connectivity index (χ3v) is 10.9.